The normalized spacial score (nSPS) is 32.1. The summed E-state index contributed by atoms with van der Waals surface area (Å²) in [6.45, 7) is 6.36. The van der Waals surface area contributed by atoms with Crippen molar-refractivity contribution in [2.24, 2.45) is 23.7 Å². The lowest BCUT2D eigenvalue weighted by molar-refractivity contribution is 0.0980. The number of ether oxygens (including phenoxy) is 1. The van der Waals surface area contributed by atoms with Gasteiger partial charge in [-0.05, 0) is 117 Å². The highest BCUT2D eigenvalue weighted by atomic mass is 35.5. The lowest BCUT2D eigenvalue weighted by atomic mass is 9.66. The number of amides is 1. The zero-order chi connectivity index (χ0) is 28.1. The fraction of sp³-hybridized carbons (Fsp3) is 0.594. The SMILES string of the molecule is C[C@@H]1CCC[C@@H]2C[C@@]2(C)S(=O)(=O)NC(=O)c2ccc3c(c2)N(CCCCc2cc(Cl)ccc2CO3)C[C@@H]2CC[C@H]21. The van der Waals surface area contributed by atoms with Gasteiger partial charge in [0.15, 0.2) is 0 Å². The number of rotatable bonds is 0. The van der Waals surface area contributed by atoms with Crippen molar-refractivity contribution in [3.05, 3.63) is 58.1 Å². The zero-order valence-corrected chi connectivity index (χ0v) is 25.2. The number of hydrogen-bond donors (Lipinski definition) is 1. The second-order valence-electron chi connectivity index (χ2n) is 12.8. The molecule has 2 aromatic carbocycles. The van der Waals surface area contributed by atoms with Crippen LogP contribution in [0.2, 0.25) is 5.02 Å². The molecule has 5 atom stereocenters. The molecule has 2 saturated carbocycles. The van der Waals surface area contributed by atoms with Crippen molar-refractivity contribution < 1.29 is 17.9 Å². The van der Waals surface area contributed by atoms with E-state index < -0.39 is 20.7 Å². The summed E-state index contributed by atoms with van der Waals surface area (Å²) in [7, 11) is -3.79. The smallest absolute Gasteiger partial charge is 0.264 e. The molecule has 0 saturated heterocycles. The third kappa shape index (κ3) is 5.36. The van der Waals surface area contributed by atoms with Crippen LogP contribution in [0, 0.1) is 23.7 Å². The molecular formula is C32H41ClN2O4S. The molecule has 40 heavy (non-hydrogen) atoms. The Labute approximate surface area is 243 Å². The number of nitrogens with zero attached hydrogens (tertiary/aromatic N) is 1. The number of sulfonamides is 1. The molecule has 0 aromatic heterocycles. The molecule has 2 aliphatic heterocycles. The minimum Gasteiger partial charge on any atom is -0.487 e. The number of fused-ring (bicyclic) bond motifs is 4. The summed E-state index contributed by atoms with van der Waals surface area (Å²) >= 11 is 6.32. The first-order valence-corrected chi connectivity index (χ1v) is 16.9. The first-order chi connectivity index (χ1) is 19.1. The number of benzene rings is 2. The Morgan fingerprint density at radius 3 is 2.67 bits per heavy atom. The number of nitrogens with one attached hydrogen (secondary N) is 1. The van der Waals surface area contributed by atoms with Crippen LogP contribution in [0.3, 0.4) is 0 Å². The third-order valence-corrected chi connectivity index (χ3v) is 12.7. The van der Waals surface area contributed by atoms with Gasteiger partial charge in [-0.3, -0.25) is 4.79 Å². The minimum atomic E-state index is -3.79. The van der Waals surface area contributed by atoms with E-state index in [9.17, 15) is 13.2 Å². The molecule has 6 nitrogen and oxygen atoms in total. The van der Waals surface area contributed by atoms with Crippen LogP contribution in [0.15, 0.2) is 36.4 Å². The van der Waals surface area contributed by atoms with Crippen molar-refractivity contribution in [1.29, 1.82) is 0 Å². The van der Waals surface area contributed by atoms with Crippen LogP contribution in [-0.4, -0.2) is 32.2 Å². The van der Waals surface area contributed by atoms with E-state index in [-0.39, 0.29) is 5.92 Å². The van der Waals surface area contributed by atoms with Gasteiger partial charge < -0.3 is 9.64 Å². The van der Waals surface area contributed by atoms with E-state index in [1.54, 1.807) is 13.0 Å². The highest BCUT2D eigenvalue weighted by Gasteiger charge is 2.59. The maximum absolute atomic E-state index is 13.4. The Morgan fingerprint density at radius 2 is 1.88 bits per heavy atom. The lowest BCUT2D eigenvalue weighted by Crippen LogP contribution is -2.42. The van der Waals surface area contributed by atoms with Crippen molar-refractivity contribution >= 4 is 33.2 Å². The quantitative estimate of drug-likeness (QED) is 0.371. The Kier molecular flexibility index (Phi) is 7.58. The van der Waals surface area contributed by atoms with Gasteiger partial charge in [-0.2, -0.15) is 0 Å². The maximum Gasteiger partial charge on any atom is 0.264 e. The predicted octanol–water partition coefficient (Wildman–Crippen LogP) is 6.75. The van der Waals surface area contributed by atoms with E-state index in [0.717, 1.165) is 73.6 Å². The number of anilines is 1. The Hall–Kier alpha value is -2.25. The summed E-state index contributed by atoms with van der Waals surface area (Å²) < 4.78 is 34.6. The first kappa shape index (κ1) is 27.9. The highest BCUT2D eigenvalue weighted by molar-refractivity contribution is 7.91. The number of hydrogen-bond acceptors (Lipinski definition) is 5. The molecular weight excluding hydrogens is 544 g/mol. The van der Waals surface area contributed by atoms with Crippen LogP contribution in [0.4, 0.5) is 5.69 Å². The van der Waals surface area contributed by atoms with Gasteiger partial charge in [0.1, 0.15) is 12.4 Å². The van der Waals surface area contributed by atoms with Crippen molar-refractivity contribution in [2.75, 3.05) is 18.0 Å². The van der Waals surface area contributed by atoms with Gasteiger partial charge in [-0.25, -0.2) is 13.1 Å². The number of carbonyl (C=O) groups excluding carboxylic acids is 1. The summed E-state index contributed by atoms with van der Waals surface area (Å²) in [5.41, 5.74) is 3.56. The Morgan fingerprint density at radius 1 is 1.02 bits per heavy atom. The molecule has 0 unspecified atom stereocenters. The van der Waals surface area contributed by atoms with Crippen LogP contribution in [-0.2, 0) is 23.1 Å². The average molecular weight is 585 g/mol. The van der Waals surface area contributed by atoms with E-state index >= 15 is 0 Å². The van der Waals surface area contributed by atoms with Gasteiger partial charge >= 0.3 is 0 Å². The van der Waals surface area contributed by atoms with Crippen molar-refractivity contribution in [3.63, 3.8) is 0 Å². The molecule has 0 spiro atoms. The van der Waals surface area contributed by atoms with E-state index in [4.69, 9.17) is 16.3 Å². The van der Waals surface area contributed by atoms with Crippen molar-refractivity contribution in [3.8, 4) is 5.75 Å². The van der Waals surface area contributed by atoms with Crippen molar-refractivity contribution in [1.82, 2.24) is 4.72 Å². The fourth-order valence-corrected chi connectivity index (χ4v) is 9.06. The van der Waals surface area contributed by atoms with E-state index in [0.29, 0.717) is 36.3 Å². The van der Waals surface area contributed by atoms with Gasteiger partial charge in [-0.15, -0.1) is 0 Å². The van der Waals surface area contributed by atoms with Crippen LogP contribution in [0.5, 0.6) is 5.75 Å². The molecule has 216 valence electrons. The molecule has 2 bridgehead atoms. The van der Waals surface area contributed by atoms with Crippen LogP contribution < -0.4 is 14.4 Å². The highest BCUT2D eigenvalue weighted by Crippen LogP contribution is 2.53. The summed E-state index contributed by atoms with van der Waals surface area (Å²) in [5.74, 6) is 2.19. The zero-order valence-electron chi connectivity index (χ0n) is 23.6. The summed E-state index contributed by atoms with van der Waals surface area (Å²) in [6.07, 6.45) is 9.16. The first-order valence-electron chi connectivity index (χ1n) is 15.0. The summed E-state index contributed by atoms with van der Waals surface area (Å²) in [4.78, 5) is 15.8. The van der Waals surface area contributed by atoms with Crippen molar-refractivity contribution in [2.45, 2.75) is 83.0 Å². The molecule has 0 radical (unpaired) electrons. The molecule has 4 aliphatic rings. The second kappa shape index (κ2) is 10.9. The van der Waals surface area contributed by atoms with E-state index in [1.807, 2.05) is 30.3 Å². The molecule has 2 fully saturated rings. The van der Waals surface area contributed by atoms with Crippen LogP contribution >= 0.6 is 11.6 Å². The Balaban J connectivity index is 1.37. The number of carbonyl (C=O) groups is 1. The molecule has 2 aromatic rings. The largest absolute Gasteiger partial charge is 0.487 e. The van der Waals surface area contributed by atoms with E-state index in [1.165, 1.54) is 18.4 Å². The fourth-order valence-electron chi connectivity index (χ4n) is 7.30. The molecule has 2 heterocycles. The number of aryl methyl sites for hydroxylation is 1. The monoisotopic (exact) mass is 584 g/mol. The maximum atomic E-state index is 13.4. The standard InChI is InChI=1S/C32H41ClN2O4S/c1-21-6-5-8-26-18-32(26,2)40(37,38)34-31(36)23-11-14-30-29(17-23)35(19-24-10-13-28(21)24)15-4-3-7-22-16-27(33)12-9-25(22)20-39-30/h9,11-12,14,16-17,21,24,26,28H,3-8,10,13,15,18-20H2,1-2H3,(H,34,36)/t21-,24+,26-,28+,32-/m1/s1. The van der Waals surface area contributed by atoms with Gasteiger partial charge in [0, 0.05) is 23.7 Å². The molecule has 1 N–H and O–H groups in total. The van der Waals surface area contributed by atoms with Gasteiger partial charge in [-0.1, -0.05) is 37.4 Å². The van der Waals surface area contributed by atoms with E-state index in [2.05, 4.69) is 16.5 Å². The topological polar surface area (TPSA) is 75.7 Å². The van der Waals surface area contributed by atoms with Crippen LogP contribution in [0.1, 0.15) is 86.7 Å². The van der Waals surface area contributed by atoms with Crippen LogP contribution in [0.25, 0.3) is 0 Å². The molecule has 1 amide bonds. The third-order valence-electron chi connectivity index (χ3n) is 10.3. The number of halogens is 1. The summed E-state index contributed by atoms with van der Waals surface area (Å²) in [5, 5.41) is 0.738. The minimum absolute atomic E-state index is 0.115. The van der Waals surface area contributed by atoms with Gasteiger partial charge in [0.25, 0.3) is 5.91 Å². The predicted molar refractivity (Wildman–Crippen MR) is 160 cm³/mol. The van der Waals surface area contributed by atoms with Gasteiger partial charge in [0.05, 0.1) is 10.4 Å². The molecule has 2 aliphatic carbocycles. The molecule has 8 heteroatoms. The lowest BCUT2D eigenvalue weighted by Gasteiger charge is -2.44. The average Bonchev–Trinajstić information content (AvgIpc) is 3.58. The van der Waals surface area contributed by atoms with Gasteiger partial charge in [0.2, 0.25) is 10.0 Å². The Bertz CT molecular complexity index is 1400. The molecule has 6 rings (SSSR count). The second-order valence-corrected chi connectivity index (χ2v) is 15.4. The summed E-state index contributed by atoms with van der Waals surface area (Å²) in [6, 6.07) is 11.4.